The highest BCUT2D eigenvalue weighted by Gasteiger charge is 2.16. The van der Waals surface area contributed by atoms with E-state index in [0.717, 1.165) is 0 Å². The third-order valence-electron chi connectivity index (χ3n) is 3.73. The van der Waals surface area contributed by atoms with Gasteiger partial charge in [0, 0.05) is 18.8 Å². The van der Waals surface area contributed by atoms with Crippen LogP contribution in [0.2, 0.25) is 10.0 Å². The van der Waals surface area contributed by atoms with Crippen LogP contribution < -0.4 is 10.1 Å². The van der Waals surface area contributed by atoms with Crippen molar-refractivity contribution in [2.75, 3.05) is 25.0 Å². The molecule has 0 bridgehead atoms. The zero-order valence-electron chi connectivity index (χ0n) is 14.6. The molecule has 26 heavy (non-hydrogen) atoms. The fourth-order valence-electron chi connectivity index (χ4n) is 2.35. The molecule has 1 N–H and O–H groups in total. The Morgan fingerprint density at radius 3 is 2.35 bits per heavy atom. The molecule has 0 unspecified atom stereocenters. The average molecular weight is 395 g/mol. The Hall–Kier alpha value is -2.24. The standard InChI is InChI=1S/C19H20Cl2N2O3/c1-3-23(4-2)19(25)14-10-9-13(11-16(14)21)22-18(24)12-26-17-8-6-5-7-15(17)20/h5-11H,3-4,12H2,1-2H3,(H,22,24). The summed E-state index contributed by atoms with van der Waals surface area (Å²) in [6.45, 7) is 4.82. The van der Waals surface area contributed by atoms with E-state index in [1.54, 1.807) is 47.4 Å². The summed E-state index contributed by atoms with van der Waals surface area (Å²) in [6, 6.07) is 11.7. The summed E-state index contributed by atoms with van der Waals surface area (Å²) in [4.78, 5) is 26.1. The summed E-state index contributed by atoms with van der Waals surface area (Å²) in [5.41, 5.74) is 0.888. The Kier molecular flexibility index (Phi) is 7.30. The lowest BCUT2D eigenvalue weighted by Gasteiger charge is -2.19. The smallest absolute Gasteiger partial charge is 0.262 e. The monoisotopic (exact) mass is 394 g/mol. The van der Waals surface area contributed by atoms with Crippen LogP contribution in [-0.4, -0.2) is 36.4 Å². The Labute approximate surface area is 162 Å². The van der Waals surface area contributed by atoms with Gasteiger partial charge in [-0.25, -0.2) is 0 Å². The molecule has 0 aliphatic rings. The van der Waals surface area contributed by atoms with E-state index in [9.17, 15) is 9.59 Å². The number of amides is 2. The van der Waals surface area contributed by atoms with Crippen molar-refractivity contribution in [1.29, 1.82) is 0 Å². The molecule has 0 atom stereocenters. The Balaban J connectivity index is 1.99. The van der Waals surface area contributed by atoms with Crippen LogP contribution in [0.5, 0.6) is 5.75 Å². The number of para-hydroxylation sites is 1. The number of anilines is 1. The minimum atomic E-state index is -0.358. The SMILES string of the molecule is CCN(CC)C(=O)c1ccc(NC(=O)COc2ccccc2Cl)cc1Cl. The number of carbonyl (C=O) groups excluding carboxylic acids is 2. The Morgan fingerprint density at radius 2 is 1.73 bits per heavy atom. The molecule has 0 aliphatic heterocycles. The number of rotatable bonds is 7. The summed E-state index contributed by atoms with van der Waals surface area (Å²) in [7, 11) is 0. The first-order chi connectivity index (χ1) is 12.5. The first-order valence-electron chi connectivity index (χ1n) is 8.22. The molecule has 0 aromatic heterocycles. The van der Waals surface area contributed by atoms with E-state index in [2.05, 4.69) is 5.32 Å². The van der Waals surface area contributed by atoms with E-state index in [4.69, 9.17) is 27.9 Å². The van der Waals surface area contributed by atoms with E-state index in [0.29, 0.717) is 35.1 Å². The number of hydrogen-bond acceptors (Lipinski definition) is 3. The Morgan fingerprint density at radius 1 is 1.04 bits per heavy atom. The van der Waals surface area contributed by atoms with Gasteiger partial charge in [0.2, 0.25) is 0 Å². The van der Waals surface area contributed by atoms with Gasteiger partial charge in [-0.1, -0.05) is 35.3 Å². The summed E-state index contributed by atoms with van der Waals surface area (Å²) < 4.78 is 5.39. The van der Waals surface area contributed by atoms with Gasteiger partial charge in [0.05, 0.1) is 15.6 Å². The first-order valence-corrected chi connectivity index (χ1v) is 8.97. The van der Waals surface area contributed by atoms with Crippen LogP contribution in [0.1, 0.15) is 24.2 Å². The number of nitrogens with zero attached hydrogens (tertiary/aromatic N) is 1. The van der Waals surface area contributed by atoms with Gasteiger partial charge in [0.25, 0.3) is 11.8 Å². The van der Waals surface area contributed by atoms with Crippen molar-refractivity contribution in [1.82, 2.24) is 4.90 Å². The maximum atomic E-state index is 12.4. The largest absolute Gasteiger partial charge is 0.482 e. The van der Waals surface area contributed by atoms with Crippen molar-refractivity contribution in [3.63, 3.8) is 0 Å². The summed E-state index contributed by atoms with van der Waals surface area (Å²) in [5, 5.41) is 3.40. The normalized spacial score (nSPS) is 10.3. The van der Waals surface area contributed by atoms with Gasteiger partial charge in [-0.05, 0) is 44.2 Å². The highest BCUT2D eigenvalue weighted by Crippen LogP contribution is 2.24. The van der Waals surface area contributed by atoms with Crippen LogP contribution in [-0.2, 0) is 4.79 Å². The van der Waals surface area contributed by atoms with Crippen LogP contribution in [0.3, 0.4) is 0 Å². The zero-order chi connectivity index (χ0) is 19.1. The molecule has 2 aromatic rings. The van der Waals surface area contributed by atoms with Crippen molar-refractivity contribution < 1.29 is 14.3 Å². The predicted molar refractivity (Wildman–Crippen MR) is 104 cm³/mol. The molecule has 0 spiro atoms. The van der Waals surface area contributed by atoms with Gasteiger partial charge in [-0.2, -0.15) is 0 Å². The first kappa shape index (κ1) is 20.1. The maximum Gasteiger partial charge on any atom is 0.262 e. The second-order valence-corrected chi connectivity index (χ2v) is 6.25. The molecule has 7 heteroatoms. The highest BCUT2D eigenvalue weighted by molar-refractivity contribution is 6.34. The van der Waals surface area contributed by atoms with Gasteiger partial charge in [0.1, 0.15) is 5.75 Å². The van der Waals surface area contributed by atoms with Crippen molar-refractivity contribution in [3.05, 3.63) is 58.1 Å². The van der Waals surface area contributed by atoms with E-state index in [1.165, 1.54) is 0 Å². The van der Waals surface area contributed by atoms with E-state index >= 15 is 0 Å². The predicted octanol–water partition coefficient (Wildman–Crippen LogP) is 4.49. The van der Waals surface area contributed by atoms with E-state index < -0.39 is 0 Å². The molecule has 0 heterocycles. The third-order valence-corrected chi connectivity index (χ3v) is 4.35. The van der Waals surface area contributed by atoms with Crippen molar-refractivity contribution in [2.45, 2.75) is 13.8 Å². The van der Waals surface area contributed by atoms with Gasteiger partial charge in [0.15, 0.2) is 6.61 Å². The molecule has 0 saturated carbocycles. The third kappa shape index (κ3) is 5.13. The number of benzene rings is 2. The molecule has 2 aromatic carbocycles. The lowest BCUT2D eigenvalue weighted by molar-refractivity contribution is -0.118. The van der Waals surface area contributed by atoms with Crippen molar-refractivity contribution in [3.8, 4) is 5.75 Å². The van der Waals surface area contributed by atoms with Crippen molar-refractivity contribution in [2.24, 2.45) is 0 Å². The second kappa shape index (κ2) is 9.46. The molecule has 5 nitrogen and oxygen atoms in total. The topological polar surface area (TPSA) is 58.6 Å². The van der Waals surface area contributed by atoms with Crippen LogP contribution >= 0.6 is 23.2 Å². The molecule has 0 saturated heterocycles. The number of nitrogens with one attached hydrogen (secondary N) is 1. The summed E-state index contributed by atoms with van der Waals surface area (Å²) in [5.74, 6) is -0.0637. The molecule has 138 valence electrons. The van der Waals surface area contributed by atoms with Crippen LogP contribution in [0.25, 0.3) is 0 Å². The molecule has 2 amide bonds. The fraction of sp³-hybridized carbons (Fsp3) is 0.263. The van der Waals surface area contributed by atoms with Crippen LogP contribution in [0.15, 0.2) is 42.5 Å². The molecule has 0 radical (unpaired) electrons. The molecular formula is C19H20Cl2N2O3. The van der Waals surface area contributed by atoms with E-state index in [-0.39, 0.29) is 23.4 Å². The lowest BCUT2D eigenvalue weighted by Crippen LogP contribution is -2.30. The van der Waals surface area contributed by atoms with Crippen LogP contribution in [0.4, 0.5) is 5.69 Å². The molecule has 0 fully saturated rings. The summed E-state index contributed by atoms with van der Waals surface area (Å²) in [6.07, 6.45) is 0. The molecular weight excluding hydrogens is 375 g/mol. The van der Waals surface area contributed by atoms with Gasteiger partial charge in [-0.15, -0.1) is 0 Å². The van der Waals surface area contributed by atoms with Crippen molar-refractivity contribution >= 4 is 40.7 Å². The van der Waals surface area contributed by atoms with Gasteiger partial charge >= 0.3 is 0 Å². The second-order valence-electron chi connectivity index (χ2n) is 5.44. The number of halogens is 2. The minimum Gasteiger partial charge on any atom is -0.482 e. The van der Waals surface area contributed by atoms with Crippen LogP contribution in [0, 0.1) is 0 Å². The Bertz CT molecular complexity index is 792. The quantitative estimate of drug-likeness (QED) is 0.752. The fourth-order valence-corrected chi connectivity index (χ4v) is 2.80. The van der Waals surface area contributed by atoms with Gasteiger partial charge < -0.3 is 15.0 Å². The number of hydrogen-bond donors (Lipinski definition) is 1. The average Bonchev–Trinajstić information content (AvgIpc) is 2.62. The molecule has 2 rings (SSSR count). The molecule has 0 aliphatic carbocycles. The zero-order valence-corrected chi connectivity index (χ0v) is 16.1. The maximum absolute atomic E-state index is 12.4. The number of carbonyl (C=O) groups is 2. The minimum absolute atomic E-state index is 0.139. The van der Waals surface area contributed by atoms with Gasteiger partial charge in [-0.3, -0.25) is 9.59 Å². The highest BCUT2D eigenvalue weighted by atomic mass is 35.5. The summed E-state index contributed by atoms with van der Waals surface area (Å²) >= 11 is 12.2. The number of ether oxygens (including phenoxy) is 1. The lowest BCUT2D eigenvalue weighted by atomic mass is 10.1. The van der Waals surface area contributed by atoms with E-state index in [1.807, 2.05) is 13.8 Å².